The fraction of sp³-hybridized carbons (Fsp3) is 0.0816. The maximum atomic E-state index is 6.55. The molecule has 1 atom stereocenters. The Balaban J connectivity index is 1.21. The maximum absolute atomic E-state index is 6.55. The molecule has 0 saturated heterocycles. The van der Waals surface area contributed by atoms with Gasteiger partial charge in [-0.05, 0) is 111 Å². The van der Waals surface area contributed by atoms with E-state index in [9.17, 15) is 0 Å². The lowest BCUT2D eigenvalue weighted by Crippen LogP contribution is -2.30. The topological polar surface area (TPSA) is 37.5 Å². The Bertz CT molecular complexity index is 2830. The van der Waals surface area contributed by atoms with E-state index < -0.39 is 0 Å². The highest BCUT2D eigenvalue weighted by Crippen LogP contribution is 2.42. The molecule has 3 nitrogen and oxygen atoms in total. The first-order valence-electron chi connectivity index (χ1n) is 18.1. The minimum absolute atomic E-state index is 0.211. The summed E-state index contributed by atoms with van der Waals surface area (Å²) < 4.78 is 6.55. The summed E-state index contributed by atoms with van der Waals surface area (Å²) in [5.41, 5.74) is 12.2. The highest BCUT2D eigenvalue weighted by atomic mass is 16.3. The number of nitrogens with one attached hydrogen (secondary N) is 1. The predicted octanol–water partition coefficient (Wildman–Crippen LogP) is 12.8. The molecule has 0 saturated carbocycles. The monoisotopic (exact) mass is 668 g/mol. The minimum atomic E-state index is -0.211. The number of rotatable bonds is 5. The number of amidine groups is 1. The Hall–Kier alpha value is -6.45. The van der Waals surface area contributed by atoms with Crippen LogP contribution in [-0.2, 0) is 0 Å². The van der Waals surface area contributed by atoms with Crippen molar-refractivity contribution in [3.63, 3.8) is 0 Å². The van der Waals surface area contributed by atoms with Crippen molar-refractivity contribution in [2.75, 3.05) is 0 Å². The number of aliphatic imine (C=N–C) groups is 1. The molecule has 248 valence electrons. The van der Waals surface area contributed by atoms with Gasteiger partial charge in [-0.2, -0.15) is 0 Å². The van der Waals surface area contributed by atoms with Gasteiger partial charge in [0.1, 0.15) is 23.0 Å². The highest BCUT2D eigenvalue weighted by Gasteiger charge is 2.28. The summed E-state index contributed by atoms with van der Waals surface area (Å²) in [7, 11) is 0. The lowest BCUT2D eigenvalue weighted by Gasteiger charge is -2.29. The van der Waals surface area contributed by atoms with Crippen LogP contribution in [0.3, 0.4) is 0 Å². The number of furan rings is 1. The van der Waals surface area contributed by atoms with Crippen LogP contribution in [0.1, 0.15) is 48.1 Å². The second-order valence-electron chi connectivity index (χ2n) is 13.9. The molecule has 0 fully saturated rings. The molecule has 3 heteroatoms. The lowest BCUT2D eigenvalue weighted by molar-refractivity contribution is 0.669. The van der Waals surface area contributed by atoms with Crippen LogP contribution in [0, 0.1) is 0 Å². The number of benzene rings is 7. The van der Waals surface area contributed by atoms with Crippen molar-refractivity contribution in [3.05, 3.63) is 192 Å². The molecule has 1 aliphatic heterocycles. The molecule has 0 radical (unpaired) electrons. The summed E-state index contributed by atoms with van der Waals surface area (Å²) in [5, 5.41) is 11.0. The van der Waals surface area contributed by atoms with Gasteiger partial charge >= 0.3 is 0 Å². The van der Waals surface area contributed by atoms with Gasteiger partial charge in [-0.25, -0.2) is 0 Å². The average Bonchev–Trinajstić information content (AvgIpc) is 3.58. The first-order chi connectivity index (χ1) is 25.7. The average molecular weight is 669 g/mol. The minimum Gasteiger partial charge on any atom is -0.456 e. The van der Waals surface area contributed by atoms with Gasteiger partial charge in [-0.15, -0.1) is 0 Å². The molecule has 0 amide bonds. The Kier molecular flexibility index (Phi) is 7.24. The smallest absolute Gasteiger partial charge is 0.136 e. The van der Waals surface area contributed by atoms with E-state index in [0.717, 1.165) is 63.0 Å². The van der Waals surface area contributed by atoms with Crippen LogP contribution in [0.25, 0.3) is 65.9 Å². The molecule has 2 aliphatic rings. The van der Waals surface area contributed by atoms with Gasteiger partial charge in [0.25, 0.3) is 0 Å². The van der Waals surface area contributed by atoms with E-state index in [1.54, 1.807) is 0 Å². The molecule has 0 spiro atoms. The van der Waals surface area contributed by atoms with Crippen LogP contribution < -0.4 is 5.32 Å². The lowest BCUT2D eigenvalue weighted by atomic mass is 9.87. The molecule has 8 aromatic rings. The molecule has 1 aromatic heterocycles. The molecule has 2 heterocycles. The van der Waals surface area contributed by atoms with Crippen molar-refractivity contribution < 1.29 is 4.42 Å². The molecule has 1 unspecified atom stereocenters. The Morgan fingerprint density at radius 2 is 1.35 bits per heavy atom. The Labute approximate surface area is 303 Å². The van der Waals surface area contributed by atoms with E-state index >= 15 is 0 Å². The quantitative estimate of drug-likeness (QED) is 0.198. The van der Waals surface area contributed by atoms with E-state index in [-0.39, 0.29) is 6.04 Å². The van der Waals surface area contributed by atoms with Crippen LogP contribution in [0.5, 0.6) is 0 Å². The predicted molar refractivity (Wildman–Crippen MR) is 218 cm³/mol. The van der Waals surface area contributed by atoms with Crippen LogP contribution in [-0.4, -0.2) is 5.84 Å². The Morgan fingerprint density at radius 1 is 0.596 bits per heavy atom. The summed E-state index contributed by atoms with van der Waals surface area (Å²) in [6.45, 7) is 2.23. The van der Waals surface area contributed by atoms with Crippen LogP contribution >= 0.6 is 0 Å². The highest BCUT2D eigenvalue weighted by molar-refractivity contribution is 6.16. The molecule has 1 N–H and O–H groups in total. The number of hydrogen-bond acceptors (Lipinski definition) is 3. The maximum Gasteiger partial charge on any atom is 0.136 e. The zero-order chi connectivity index (χ0) is 34.6. The SMILES string of the molecule is CC1=C(c2cccc3oc4cc5ccccc5cc4c23)NC(c2cccc(-c3ccccc3)c2)=NC1c1cc(C2=CCCC=C2)c2ccccc2c1. The number of hydrogen-bond donors (Lipinski definition) is 1. The summed E-state index contributed by atoms with van der Waals surface area (Å²) in [6.07, 6.45) is 9.09. The van der Waals surface area contributed by atoms with E-state index in [2.05, 4.69) is 176 Å². The van der Waals surface area contributed by atoms with E-state index in [1.165, 1.54) is 49.4 Å². The summed E-state index contributed by atoms with van der Waals surface area (Å²) in [5.74, 6) is 0.852. The molecule has 0 bridgehead atoms. The van der Waals surface area contributed by atoms with Gasteiger partial charge in [0.05, 0.1) is 0 Å². The second kappa shape index (κ2) is 12.4. The summed E-state index contributed by atoms with van der Waals surface area (Å²) >= 11 is 0. The first kappa shape index (κ1) is 30.4. The third-order valence-corrected chi connectivity index (χ3v) is 10.7. The largest absolute Gasteiger partial charge is 0.456 e. The molecular formula is C49H36N2O. The van der Waals surface area contributed by atoms with Crippen LogP contribution in [0.15, 0.2) is 179 Å². The zero-order valence-electron chi connectivity index (χ0n) is 28.9. The van der Waals surface area contributed by atoms with Crippen molar-refractivity contribution >= 4 is 60.6 Å². The summed E-state index contributed by atoms with van der Waals surface area (Å²) in [4.78, 5) is 5.56. The van der Waals surface area contributed by atoms with Crippen molar-refractivity contribution in [1.29, 1.82) is 0 Å². The van der Waals surface area contributed by atoms with Crippen molar-refractivity contribution in [1.82, 2.24) is 5.32 Å². The van der Waals surface area contributed by atoms with Gasteiger partial charge < -0.3 is 9.73 Å². The van der Waals surface area contributed by atoms with Crippen LogP contribution in [0.2, 0.25) is 0 Å². The summed E-state index contributed by atoms with van der Waals surface area (Å²) in [6, 6.07) is 51.9. The standard InChI is InChI=1S/C49H36N2O/c1-31-47(39-27-37-20-10-11-23-40(37)42(29-39)33-16-6-3-7-17-33)50-49(38-22-12-21-34(26-38)32-14-4-2-5-15-32)51-48(31)41-24-13-25-44-46(41)43-28-35-18-8-9-19-36(35)30-45(43)52-44/h2,4-6,8-30,47H,3,7H2,1H3,(H,50,51). The van der Waals surface area contributed by atoms with Crippen molar-refractivity contribution in [3.8, 4) is 11.1 Å². The molecular weight excluding hydrogens is 633 g/mol. The van der Waals surface area contributed by atoms with Crippen molar-refractivity contribution in [2.45, 2.75) is 25.8 Å². The fourth-order valence-corrected chi connectivity index (χ4v) is 8.10. The third-order valence-electron chi connectivity index (χ3n) is 10.7. The van der Waals surface area contributed by atoms with Crippen molar-refractivity contribution in [2.24, 2.45) is 4.99 Å². The molecule has 10 rings (SSSR count). The Morgan fingerprint density at radius 3 is 2.19 bits per heavy atom. The van der Waals surface area contributed by atoms with E-state index in [1.807, 2.05) is 0 Å². The van der Waals surface area contributed by atoms with Gasteiger partial charge in [-0.1, -0.05) is 127 Å². The van der Waals surface area contributed by atoms with Gasteiger partial charge in [0.2, 0.25) is 0 Å². The molecule has 7 aromatic carbocycles. The first-order valence-corrected chi connectivity index (χ1v) is 18.1. The number of allylic oxidation sites excluding steroid dienone is 4. The number of fused-ring (bicyclic) bond motifs is 5. The van der Waals surface area contributed by atoms with Gasteiger partial charge in [0.15, 0.2) is 0 Å². The zero-order valence-corrected chi connectivity index (χ0v) is 28.9. The fourth-order valence-electron chi connectivity index (χ4n) is 8.10. The second-order valence-corrected chi connectivity index (χ2v) is 13.9. The molecule has 1 aliphatic carbocycles. The molecule has 52 heavy (non-hydrogen) atoms. The van der Waals surface area contributed by atoms with E-state index in [0.29, 0.717) is 0 Å². The van der Waals surface area contributed by atoms with Gasteiger partial charge in [0, 0.05) is 27.6 Å². The number of nitrogens with zero attached hydrogens (tertiary/aromatic N) is 1. The van der Waals surface area contributed by atoms with E-state index in [4.69, 9.17) is 9.41 Å². The normalized spacial score (nSPS) is 16.1. The third kappa shape index (κ3) is 5.17. The van der Waals surface area contributed by atoms with Crippen LogP contribution in [0.4, 0.5) is 0 Å². The van der Waals surface area contributed by atoms with Gasteiger partial charge in [-0.3, -0.25) is 4.99 Å².